The third-order valence-corrected chi connectivity index (χ3v) is 3.67. The van der Waals surface area contributed by atoms with Gasteiger partial charge in [-0.3, -0.25) is 4.21 Å². The molecule has 0 bridgehead atoms. The first-order valence-corrected chi connectivity index (χ1v) is 6.61. The number of carbonyl (C=O) groups is 1. The summed E-state index contributed by atoms with van der Waals surface area (Å²) in [7, 11) is -1.21. The van der Waals surface area contributed by atoms with Crippen LogP contribution in [0.4, 0.5) is 0 Å². The van der Waals surface area contributed by atoms with Crippen LogP contribution < -0.4 is 0 Å². The lowest BCUT2D eigenvalue weighted by Gasteiger charge is -2.02. The van der Waals surface area contributed by atoms with Gasteiger partial charge < -0.3 is 5.11 Å². The first kappa shape index (κ1) is 12.4. The number of hydrogen-bond acceptors (Lipinski definition) is 3. The van der Waals surface area contributed by atoms with Crippen LogP contribution in [-0.2, 0) is 16.6 Å². The molecule has 92 valence electrons. The van der Waals surface area contributed by atoms with E-state index in [4.69, 9.17) is 5.11 Å². The van der Waals surface area contributed by atoms with Gasteiger partial charge in [0.05, 0.1) is 22.2 Å². The number of aromatic carboxylic acids is 1. The van der Waals surface area contributed by atoms with E-state index in [9.17, 15) is 9.00 Å². The maximum atomic E-state index is 12.0. The Bertz CT molecular complexity index is 584. The Morgan fingerprint density at radius 3 is 2.50 bits per heavy atom. The maximum absolute atomic E-state index is 12.0. The molecule has 0 saturated carbocycles. The van der Waals surface area contributed by atoms with Crippen LogP contribution in [0.2, 0.25) is 0 Å². The third-order valence-electron chi connectivity index (χ3n) is 2.31. The van der Waals surface area contributed by atoms with Crippen molar-refractivity contribution in [2.75, 3.05) is 0 Å². The largest absolute Gasteiger partial charge is 0.477 e. The number of rotatable bonds is 4. The van der Waals surface area contributed by atoms with E-state index in [1.165, 1.54) is 6.07 Å². The summed E-state index contributed by atoms with van der Waals surface area (Å²) in [5.41, 5.74) is 0.481. The Hall–Kier alpha value is -2.01. The zero-order chi connectivity index (χ0) is 13.0. The van der Waals surface area contributed by atoms with E-state index in [2.05, 4.69) is 4.98 Å². The van der Waals surface area contributed by atoms with Crippen LogP contribution in [0, 0.1) is 0 Å². The number of nitrogens with zero attached hydrogens (tertiary/aromatic N) is 1. The molecule has 1 aromatic carbocycles. The van der Waals surface area contributed by atoms with E-state index in [1.54, 1.807) is 24.3 Å². The number of carboxylic acid groups (broad SMARTS) is 1. The van der Waals surface area contributed by atoms with Gasteiger partial charge in [0.2, 0.25) is 0 Å². The smallest absolute Gasteiger partial charge is 0.354 e. The first-order chi connectivity index (χ1) is 8.66. The predicted molar refractivity (Wildman–Crippen MR) is 67.8 cm³/mol. The van der Waals surface area contributed by atoms with Gasteiger partial charge in [0.1, 0.15) is 5.69 Å². The normalized spacial score (nSPS) is 12.0. The minimum absolute atomic E-state index is 0.0300. The molecule has 5 heteroatoms. The van der Waals surface area contributed by atoms with Gasteiger partial charge in [-0.2, -0.15) is 0 Å². The van der Waals surface area contributed by atoms with E-state index < -0.39 is 16.8 Å². The molecule has 2 rings (SSSR count). The Kier molecular flexibility index (Phi) is 3.84. The monoisotopic (exact) mass is 261 g/mol. The molecule has 2 aromatic rings. The van der Waals surface area contributed by atoms with Gasteiger partial charge in [-0.05, 0) is 24.3 Å². The molecule has 1 aromatic heterocycles. The quantitative estimate of drug-likeness (QED) is 0.915. The minimum atomic E-state index is -1.21. The summed E-state index contributed by atoms with van der Waals surface area (Å²) >= 11 is 0. The summed E-state index contributed by atoms with van der Waals surface area (Å²) in [5.74, 6) is -0.868. The van der Waals surface area contributed by atoms with Crippen LogP contribution in [0.5, 0.6) is 0 Å². The second kappa shape index (κ2) is 5.55. The van der Waals surface area contributed by atoms with Gasteiger partial charge in [0.25, 0.3) is 0 Å². The van der Waals surface area contributed by atoms with Crippen molar-refractivity contribution in [1.29, 1.82) is 0 Å². The van der Waals surface area contributed by atoms with Crippen molar-refractivity contribution < 1.29 is 14.1 Å². The average Bonchev–Trinajstić information content (AvgIpc) is 2.40. The Morgan fingerprint density at radius 1 is 1.11 bits per heavy atom. The summed E-state index contributed by atoms with van der Waals surface area (Å²) < 4.78 is 12.0. The van der Waals surface area contributed by atoms with Crippen molar-refractivity contribution in [2.24, 2.45) is 0 Å². The molecule has 1 unspecified atom stereocenters. The first-order valence-electron chi connectivity index (χ1n) is 5.29. The Morgan fingerprint density at radius 2 is 1.83 bits per heavy atom. The lowest BCUT2D eigenvalue weighted by atomic mass is 10.3. The van der Waals surface area contributed by atoms with Crippen molar-refractivity contribution in [2.45, 2.75) is 10.6 Å². The Labute approximate surface area is 107 Å². The van der Waals surface area contributed by atoms with Crippen molar-refractivity contribution in [3.05, 3.63) is 59.9 Å². The summed E-state index contributed by atoms with van der Waals surface area (Å²) in [4.78, 5) is 15.4. The van der Waals surface area contributed by atoms with Gasteiger partial charge in [-0.15, -0.1) is 0 Å². The van der Waals surface area contributed by atoms with Crippen LogP contribution in [0.3, 0.4) is 0 Å². The van der Waals surface area contributed by atoms with Crippen LogP contribution in [0.25, 0.3) is 0 Å². The fourth-order valence-electron chi connectivity index (χ4n) is 1.47. The highest BCUT2D eigenvalue weighted by Crippen LogP contribution is 2.11. The van der Waals surface area contributed by atoms with Crippen LogP contribution in [0.1, 0.15) is 16.2 Å². The fraction of sp³-hybridized carbons (Fsp3) is 0.0769. The van der Waals surface area contributed by atoms with Gasteiger partial charge in [0, 0.05) is 4.90 Å². The molecule has 1 heterocycles. The SMILES string of the molecule is O=C(O)c1cccc(CS(=O)c2ccccc2)n1. The molecule has 0 radical (unpaired) electrons. The molecule has 1 N–H and O–H groups in total. The Balaban J connectivity index is 2.17. The summed E-state index contributed by atoms with van der Waals surface area (Å²) in [6.07, 6.45) is 0. The number of pyridine rings is 1. The van der Waals surface area contributed by atoms with Crippen molar-refractivity contribution in [3.8, 4) is 0 Å². The number of hydrogen-bond donors (Lipinski definition) is 1. The van der Waals surface area contributed by atoms with Gasteiger partial charge in [0.15, 0.2) is 0 Å². The van der Waals surface area contributed by atoms with E-state index in [1.807, 2.05) is 18.2 Å². The summed E-state index contributed by atoms with van der Waals surface area (Å²) in [5, 5.41) is 8.82. The molecular weight excluding hydrogens is 250 g/mol. The second-order valence-electron chi connectivity index (χ2n) is 3.62. The zero-order valence-electron chi connectivity index (χ0n) is 9.45. The van der Waals surface area contributed by atoms with Crippen LogP contribution >= 0.6 is 0 Å². The van der Waals surface area contributed by atoms with Crippen molar-refractivity contribution >= 4 is 16.8 Å². The third kappa shape index (κ3) is 3.01. The van der Waals surface area contributed by atoms with E-state index in [0.717, 1.165) is 0 Å². The molecule has 0 aliphatic rings. The average molecular weight is 261 g/mol. The molecule has 0 aliphatic heterocycles. The molecule has 0 amide bonds. The van der Waals surface area contributed by atoms with Gasteiger partial charge >= 0.3 is 5.97 Å². The standard InChI is InChI=1S/C13H11NO3S/c15-13(16)12-8-4-5-10(14-12)9-18(17)11-6-2-1-3-7-11/h1-8H,9H2,(H,15,16). The van der Waals surface area contributed by atoms with E-state index in [-0.39, 0.29) is 11.4 Å². The molecule has 0 aliphatic carbocycles. The highest BCUT2D eigenvalue weighted by atomic mass is 32.2. The van der Waals surface area contributed by atoms with Crippen LogP contribution in [-0.4, -0.2) is 20.3 Å². The highest BCUT2D eigenvalue weighted by molar-refractivity contribution is 7.84. The molecule has 1 atom stereocenters. The molecule has 18 heavy (non-hydrogen) atoms. The van der Waals surface area contributed by atoms with Gasteiger partial charge in [-0.1, -0.05) is 24.3 Å². The summed E-state index contributed by atoms with van der Waals surface area (Å²) in [6, 6.07) is 13.7. The number of benzene rings is 1. The lowest BCUT2D eigenvalue weighted by molar-refractivity contribution is 0.0690. The number of carboxylic acids is 1. The fourth-order valence-corrected chi connectivity index (χ4v) is 2.53. The zero-order valence-corrected chi connectivity index (χ0v) is 10.3. The molecular formula is C13H11NO3S. The molecule has 0 saturated heterocycles. The maximum Gasteiger partial charge on any atom is 0.354 e. The summed E-state index contributed by atoms with van der Waals surface area (Å²) in [6.45, 7) is 0. The second-order valence-corrected chi connectivity index (χ2v) is 5.07. The van der Waals surface area contributed by atoms with E-state index in [0.29, 0.717) is 10.6 Å². The van der Waals surface area contributed by atoms with Crippen molar-refractivity contribution in [3.63, 3.8) is 0 Å². The number of aromatic nitrogens is 1. The van der Waals surface area contributed by atoms with E-state index >= 15 is 0 Å². The predicted octanol–water partition coefficient (Wildman–Crippen LogP) is 2.09. The minimum Gasteiger partial charge on any atom is -0.477 e. The van der Waals surface area contributed by atoms with Crippen molar-refractivity contribution in [1.82, 2.24) is 4.98 Å². The topological polar surface area (TPSA) is 67.3 Å². The molecule has 4 nitrogen and oxygen atoms in total. The highest BCUT2D eigenvalue weighted by Gasteiger charge is 2.09. The lowest BCUT2D eigenvalue weighted by Crippen LogP contribution is -2.04. The van der Waals surface area contributed by atoms with Crippen LogP contribution in [0.15, 0.2) is 53.4 Å². The molecule has 0 spiro atoms. The van der Waals surface area contributed by atoms with Gasteiger partial charge in [-0.25, -0.2) is 9.78 Å². The molecule has 0 fully saturated rings.